The molecule has 0 aromatic carbocycles. The third kappa shape index (κ3) is 3.15. The molecule has 1 rings (SSSR count). The molecule has 6 nitrogen and oxygen atoms in total. The summed E-state index contributed by atoms with van der Waals surface area (Å²) in [5, 5.41) is 7.48. The first-order valence-corrected chi connectivity index (χ1v) is 5.30. The molecule has 0 atom stereocenters. The maximum Gasteiger partial charge on any atom is 0.445 e. The number of nitrogens with one attached hydrogen (secondary N) is 2. The van der Waals surface area contributed by atoms with Crippen LogP contribution in [-0.2, 0) is 13.6 Å². The van der Waals surface area contributed by atoms with Gasteiger partial charge >= 0.3 is 11.4 Å². The number of aryl methyl sites for hydroxylation is 2. The summed E-state index contributed by atoms with van der Waals surface area (Å²) in [5.41, 5.74) is -0.129. The summed E-state index contributed by atoms with van der Waals surface area (Å²) >= 11 is 0. The normalized spacial score (nSPS) is 10.4. The summed E-state index contributed by atoms with van der Waals surface area (Å²) < 4.78 is 2.77. The molecule has 0 saturated heterocycles. The van der Waals surface area contributed by atoms with Crippen molar-refractivity contribution in [3.63, 3.8) is 0 Å². The van der Waals surface area contributed by atoms with Gasteiger partial charge in [0.15, 0.2) is 6.33 Å². The van der Waals surface area contributed by atoms with Crippen LogP contribution in [0.1, 0.15) is 26.2 Å². The van der Waals surface area contributed by atoms with Crippen LogP contribution in [0, 0.1) is 5.41 Å². The van der Waals surface area contributed by atoms with Crippen LogP contribution in [-0.4, -0.2) is 15.3 Å². The van der Waals surface area contributed by atoms with Gasteiger partial charge in [-0.25, -0.2) is 18.7 Å². The van der Waals surface area contributed by atoms with E-state index in [1.54, 1.807) is 7.05 Å². The van der Waals surface area contributed by atoms with Crippen LogP contribution in [0.2, 0.25) is 0 Å². The van der Waals surface area contributed by atoms with Crippen LogP contribution in [0.25, 0.3) is 0 Å². The Hall–Kier alpha value is -1.72. The molecule has 1 heterocycles. The molecule has 0 saturated carbocycles. The summed E-state index contributed by atoms with van der Waals surface area (Å²) in [6.07, 6.45) is 3.65. The number of aromatic nitrogens is 3. The number of H-pyrrole nitrogens is 1. The smallest absolute Gasteiger partial charge is 0.310 e. The average Bonchev–Trinajstić information content (AvgIpc) is 2.25. The molecule has 0 amide bonds. The van der Waals surface area contributed by atoms with Crippen LogP contribution in [0.4, 0.5) is 0 Å². The van der Waals surface area contributed by atoms with Gasteiger partial charge < -0.3 is 5.41 Å². The fourth-order valence-corrected chi connectivity index (χ4v) is 1.36. The Morgan fingerprint density at radius 3 is 2.88 bits per heavy atom. The van der Waals surface area contributed by atoms with Gasteiger partial charge in [-0.05, 0) is 19.3 Å². The lowest BCUT2D eigenvalue weighted by atomic mass is 10.2. The van der Waals surface area contributed by atoms with Gasteiger partial charge in [0.1, 0.15) is 0 Å². The number of nitrogens with zero attached hydrogens (tertiary/aromatic N) is 2. The minimum atomic E-state index is -0.414. The van der Waals surface area contributed by atoms with Gasteiger partial charge in [-0.1, -0.05) is 6.92 Å². The van der Waals surface area contributed by atoms with Gasteiger partial charge in [0.05, 0.1) is 13.6 Å². The monoisotopic (exact) mass is 225 g/mol. The van der Waals surface area contributed by atoms with E-state index in [9.17, 15) is 9.59 Å². The molecule has 0 radical (unpaired) electrons. The Morgan fingerprint density at radius 1 is 1.56 bits per heavy atom. The van der Waals surface area contributed by atoms with E-state index < -0.39 is 11.4 Å². The summed E-state index contributed by atoms with van der Waals surface area (Å²) in [6, 6.07) is 0. The first-order valence-electron chi connectivity index (χ1n) is 5.30. The number of hydrogen-bond acceptors (Lipinski definition) is 3. The van der Waals surface area contributed by atoms with Crippen molar-refractivity contribution < 1.29 is 4.57 Å². The highest BCUT2D eigenvalue weighted by Crippen LogP contribution is 1.96. The molecule has 0 aliphatic carbocycles. The molecule has 16 heavy (non-hydrogen) atoms. The van der Waals surface area contributed by atoms with Crippen LogP contribution in [0.3, 0.4) is 0 Å². The minimum absolute atomic E-state index is 0.397. The standard InChI is InChI=1S/C10H16N4O2/c1-3-8(11)5-4-6-14-7-13(2)9(15)12-10(14)16/h7,11H,3-6H2,1-2H3/p+1. The van der Waals surface area contributed by atoms with Gasteiger partial charge in [-0.3, -0.25) is 0 Å². The molecular weight excluding hydrogens is 208 g/mol. The van der Waals surface area contributed by atoms with Crippen LogP contribution < -0.4 is 15.9 Å². The van der Waals surface area contributed by atoms with E-state index in [1.807, 2.05) is 6.92 Å². The number of hydrogen-bond donors (Lipinski definition) is 2. The summed E-state index contributed by atoms with van der Waals surface area (Å²) in [6.45, 7) is 2.46. The third-order valence-corrected chi connectivity index (χ3v) is 2.41. The zero-order valence-corrected chi connectivity index (χ0v) is 9.62. The molecule has 0 unspecified atom stereocenters. The molecule has 0 bridgehead atoms. The van der Waals surface area contributed by atoms with E-state index >= 15 is 0 Å². The molecule has 1 aromatic rings. The Labute approximate surface area is 93.1 Å². The Morgan fingerprint density at radius 2 is 2.25 bits per heavy atom. The molecule has 0 fully saturated rings. The van der Waals surface area contributed by atoms with Crippen molar-refractivity contribution in [1.82, 2.24) is 9.55 Å². The van der Waals surface area contributed by atoms with Gasteiger partial charge in [0, 0.05) is 5.71 Å². The Balaban J connectivity index is 2.68. The fraction of sp³-hybridized carbons (Fsp3) is 0.600. The van der Waals surface area contributed by atoms with E-state index in [4.69, 9.17) is 5.41 Å². The lowest BCUT2D eigenvalue weighted by molar-refractivity contribution is -0.694. The van der Waals surface area contributed by atoms with Crippen molar-refractivity contribution in [3.8, 4) is 0 Å². The molecule has 6 heteroatoms. The van der Waals surface area contributed by atoms with Crippen molar-refractivity contribution in [2.45, 2.75) is 32.7 Å². The topological polar surface area (TPSA) is 82.6 Å². The zero-order chi connectivity index (χ0) is 12.1. The lowest BCUT2D eigenvalue weighted by Crippen LogP contribution is -2.53. The van der Waals surface area contributed by atoms with E-state index in [1.165, 1.54) is 15.5 Å². The quantitative estimate of drug-likeness (QED) is 0.526. The predicted octanol–water partition coefficient (Wildman–Crippen LogP) is -0.429. The van der Waals surface area contributed by atoms with Crippen LogP contribution >= 0.6 is 0 Å². The van der Waals surface area contributed by atoms with Gasteiger partial charge in [-0.15, -0.1) is 0 Å². The second-order valence-corrected chi connectivity index (χ2v) is 3.72. The molecular formula is C10H17N4O2+. The van der Waals surface area contributed by atoms with E-state index in [0.29, 0.717) is 18.7 Å². The average molecular weight is 225 g/mol. The van der Waals surface area contributed by atoms with Crippen molar-refractivity contribution in [2.75, 3.05) is 0 Å². The SMILES string of the molecule is CCC(=N)CCCn1c[n+](C)c(=O)[nH]c1=O. The van der Waals surface area contributed by atoms with Gasteiger partial charge in [0.2, 0.25) is 0 Å². The second-order valence-electron chi connectivity index (χ2n) is 3.72. The highest BCUT2D eigenvalue weighted by molar-refractivity contribution is 5.80. The third-order valence-electron chi connectivity index (χ3n) is 2.41. The van der Waals surface area contributed by atoms with Gasteiger partial charge in [-0.2, -0.15) is 4.98 Å². The minimum Gasteiger partial charge on any atom is -0.310 e. The summed E-state index contributed by atoms with van der Waals surface area (Å²) in [7, 11) is 1.59. The fourth-order valence-electron chi connectivity index (χ4n) is 1.36. The first kappa shape index (κ1) is 12.4. The van der Waals surface area contributed by atoms with E-state index in [0.717, 1.165) is 12.8 Å². The van der Waals surface area contributed by atoms with Crippen LogP contribution in [0.5, 0.6) is 0 Å². The largest absolute Gasteiger partial charge is 0.445 e. The zero-order valence-electron chi connectivity index (χ0n) is 9.62. The highest BCUT2D eigenvalue weighted by Gasteiger charge is 2.06. The van der Waals surface area contributed by atoms with Crippen LogP contribution in [0.15, 0.2) is 15.9 Å². The van der Waals surface area contributed by atoms with Crippen molar-refractivity contribution in [3.05, 3.63) is 27.3 Å². The molecule has 0 spiro atoms. The maximum atomic E-state index is 11.4. The van der Waals surface area contributed by atoms with Crippen molar-refractivity contribution in [1.29, 1.82) is 5.41 Å². The van der Waals surface area contributed by atoms with E-state index in [-0.39, 0.29) is 0 Å². The summed E-state index contributed by atoms with van der Waals surface area (Å²) in [5.74, 6) is 0. The lowest BCUT2D eigenvalue weighted by Gasteiger charge is -2.01. The van der Waals surface area contributed by atoms with Crippen molar-refractivity contribution >= 4 is 5.71 Å². The van der Waals surface area contributed by atoms with Gasteiger partial charge in [0.25, 0.3) is 0 Å². The highest BCUT2D eigenvalue weighted by atomic mass is 16.2. The molecule has 2 N–H and O–H groups in total. The summed E-state index contributed by atoms with van der Waals surface area (Å²) in [4.78, 5) is 24.7. The number of rotatable bonds is 5. The maximum absolute atomic E-state index is 11.4. The Bertz CT molecular complexity index is 486. The second kappa shape index (κ2) is 5.39. The predicted molar refractivity (Wildman–Crippen MR) is 59.8 cm³/mol. The van der Waals surface area contributed by atoms with Crippen molar-refractivity contribution in [2.24, 2.45) is 7.05 Å². The molecule has 1 aromatic heterocycles. The molecule has 0 aliphatic heterocycles. The molecule has 88 valence electrons. The van der Waals surface area contributed by atoms with E-state index in [2.05, 4.69) is 4.98 Å². The Kier molecular flexibility index (Phi) is 4.16. The molecule has 0 aliphatic rings. The number of aromatic amines is 1. The first-order chi connectivity index (χ1) is 7.54.